The smallest absolute Gasteiger partial charge is 0.288 e. The predicted molar refractivity (Wildman–Crippen MR) is 125 cm³/mol. The van der Waals surface area contributed by atoms with Crippen molar-refractivity contribution in [1.29, 1.82) is 0 Å². The standard InChI is InChI=1S/C24H17ClN4O3/c25-21-12-11-19(29(31)32)13-18(21)15-26-28-24(30)23-20(16-7-3-1-4-8-16)14-22(27-23)17-9-5-2-6-10-17/h1-15,27H,(H,28,30)/b26-15-. The van der Waals surface area contributed by atoms with Gasteiger partial charge in [-0.3, -0.25) is 14.9 Å². The third-order valence-corrected chi connectivity index (χ3v) is 5.12. The van der Waals surface area contributed by atoms with Crippen LogP contribution in [0.4, 0.5) is 5.69 Å². The van der Waals surface area contributed by atoms with Crippen molar-refractivity contribution in [1.82, 2.24) is 10.4 Å². The van der Waals surface area contributed by atoms with Gasteiger partial charge in [0.05, 0.1) is 11.1 Å². The van der Waals surface area contributed by atoms with Gasteiger partial charge in [0.1, 0.15) is 5.69 Å². The number of hydrogen-bond donors (Lipinski definition) is 2. The van der Waals surface area contributed by atoms with Crippen LogP contribution >= 0.6 is 11.6 Å². The van der Waals surface area contributed by atoms with Crippen LogP contribution in [0.5, 0.6) is 0 Å². The first kappa shape index (κ1) is 21.0. The Morgan fingerprint density at radius 1 is 0.969 bits per heavy atom. The average molecular weight is 445 g/mol. The molecule has 0 aliphatic rings. The molecule has 2 N–H and O–H groups in total. The van der Waals surface area contributed by atoms with Crippen molar-refractivity contribution in [3.05, 3.63) is 111 Å². The van der Waals surface area contributed by atoms with Crippen molar-refractivity contribution in [2.45, 2.75) is 0 Å². The number of benzene rings is 3. The number of aromatic nitrogens is 1. The molecule has 158 valence electrons. The molecule has 0 radical (unpaired) electrons. The number of halogens is 1. The Labute approximate surface area is 188 Å². The van der Waals surface area contributed by atoms with E-state index in [1.165, 1.54) is 24.4 Å². The van der Waals surface area contributed by atoms with Gasteiger partial charge in [0, 0.05) is 34.0 Å². The van der Waals surface area contributed by atoms with Gasteiger partial charge in [0.2, 0.25) is 0 Å². The summed E-state index contributed by atoms with van der Waals surface area (Å²) in [5.74, 6) is -0.455. The average Bonchev–Trinajstić information content (AvgIpc) is 3.27. The van der Waals surface area contributed by atoms with Crippen LogP contribution in [0, 0.1) is 10.1 Å². The summed E-state index contributed by atoms with van der Waals surface area (Å²) in [6.45, 7) is 0. The van der Waals surface area contributed by atoms with Gasteiger partial charge < -0.3 is 4.98 Å². The van der Waals surface area contributed by atoms with Crippen LogP contribution in [0.3, 0.4) is 0 Å². The molecule has 8 heteroatoms. The third-order valence-electron chi connectivity index (χ3n) is 4.77. The van der Waals surface area contributed by atoms with Gasteiger partial charge in [-0.1, -0.05) is 72.3 Å². The molecule has 32 heavy (non-hydrogen) atoms. The zero-order chi connectivity index (χ0) is 22.5. The molecular formula is C24H17ClN4O3. The van der Waals surface area contributed by atoms with E-state index in [1.54, 1.807) is 0 Å². The van der Waals surface area contributed by atoms with E-state index in [2.05, 4.69) is 15.5 Å². The normalized spacial score (nSPS) is 10.9. The van der Waals surface area contributed by atoms with Crippen LogP contribution in [0.2, 0.25) is 5.02 Å². The fraction of sp³-hybridized carbons (Fsp3) is 0. The summed E-state index contributed by atoms with van der Waals surface area (Å²) in [7, 11) is 0. The lowest BCUT2D eigenvalue weighted by molar-refractivity contribution is -0.384. The van der Waals surface area contributed by atoms with Crippen LogP contribution in [-0.2, 0) is 0 Å². The van der Waals surface area contributed by atoms with Crippen LogP contribution in [0.15, 0.2) is 90.0 Å². The van der Waals surface area contributed by atoms with E-state index in [1.807, 2.05) is 66.7 Å². The summed E-state index contributed by atoms with van der Waals surface area (Å²) in [5.41, 5.74) is 6.35. The maximum Gasteiger partial charge on any atom is 0.288 e. The molecule has 0 aliphatic heterocycles. The molecule has 4 rings (SSSR count). The minimum Gasteiger partial charge on any atom is -0.350 e. The zero-order valence-electron chi connectivity index (χ0n) is 16.7. The van der Waals surface area contributed by atoms with Crippen molar-refractivity contribution >= 4 is 29.4 Å². The lowest BCUT2D eigenvalue weighted by Gasteiger charge is -2.03. The highest BCUT2D eigenvalue weighted by molar-refractivity contribution is 6.33. The Hall–Kier alpha value is -4.23. The van der Waals surface area contributed by atoms with E-state index in [0.717, 1.165) is 22.4 Å². The summed E-state index contributed by atoms with van der Waals surface area (Å²) in [6, 6.07) is 25.1. The number of rotatable bonds is 6. The number of non-ortho nitro benzene ring substituents is 1. The van der Waals surface area contributed by atoms with E-state index in [9.17, 15) is 14.9 Å². The van der Waals surface area contributed by atoms with Gasteiger partial charge in [-0.05, 0) is 23.3 Å². The highest BCUT2D eigenvalue weighted by atomic mass is 35.5. The molecule has 0 bridgehead atoms. The molecule has 0 saturated heterocycles. The predicted octanol–water partition coefficient (Wildman–Crippen LogP) is 5.67. The number of amides is 1. The first-order valence-electron chi connectivity index (χ1n) is 9.64. The quantitative estimate of drug-likeness (QED) is 0.227. The van der Waals surface area contributed by atoms with Crippen molar-refractivity contribution in [3.63, 3.8) is 0 Å². The second-order valence-electron chi connectivity index (χ2n) is 6.87. The van der Waals surface area contributed by atoms with Gasteiger partial charge >= 0.3 is 0 Å². The van der Waals surface area contributed by atoms with Gasteiger partial charge in [-0.2, -0.15) is 5.10 Å². The molecule has 7 nitrogen and oxygen atoms in total. The molecule has 0 saturated carbocycles. The van der Waals surface area contributed by atoms with Crippen LogP contribution in [-0.4, -0.2) is 22.0 Å². The molecule has 0 atom stereocenters. The lowest BCUT2D eigenvalue weighted by Crippen LogP contribution is -2.19. The number of hydrogen-bond acceptors (Lipinski definition) is 4. The molecule has 1 amide bonds. The highest BCUT2D eigenvalue weighted by Crippen LogP contribution is 2.29. The molecule has 0 spiro atoms. The zero-order valence-corrected chi connectivity index (χ0v) is 17.4. The maximum absolute atomic E-state index is 12.9. The molecule has 0 unspecified atom stereocenters. The first-order chi connectivity index (χ1) is 15.5. The Bertz CT molecular complexity index is 1300. The van der Waals surface area contributed by atoms with Gasteiger partial charge in [-0.15, -0.1) is 0 Å². The van der Waals surface area contributed by atoms with E-state index in [0.29, 0.717) is 11.3 Å². The highest BCUT2D eigenvalue weighted by Gasteiger charge is 2.17. The van der Waals surface area contributed by atoms with E-state index < -0.39 is 10.8 Å². The summed E-state index contributed by atoms with van der Waals surface area (Å²) in [5, 5.41) is 15.2. The second kappa shape index (κ2) is 9.28. The number of hydrazone groups is 1. The lowest BCUT2D eigenvalue weighted by atomic mass is 10.0. The summed E-state index contributed by atoms with van der Waals surface area (Å²) in [6.07, 6.45) is 1.27. The van der Waals surface area contributed by atoms with Crippen LogP contribution in [0.25, 0.3) is 22.4 Å². The molecule has 1 aromatic heterocycles. The minimum absolute atomic E-state index is 0.120. The number of H-pyrrole nitrogens is 1. The van der Waals surface area contributed by atoms with E-state index in [-0.39, 0.29) is 10.7 Å². The maximum atomic E-state index is 12.9. The SMILES string of the molecule is O=C(N/N=C\c1cc([N+](=O)[O-])ccc1Cl)c1[nH]c(-c2ccccc2)cc1-c1ccccc1. The molecular weight excluding hydrogens is 428 g/mol. The minimum atomic E-state index is -0.525. The number of nitrogens with one attached hydrogen (secondary N) is 2. The number of carbonyl (C=O) groups excluding carboxylic acids is 1. The number of aromatic amines is 1. The van der Waals surface area contributed by atoms with Crippen molar-refractivity contribution < 1.29 is 9.72 Å². The Morgan fingerprint density at radius 3 is 2.28 bits per heavy atom. The van der Waals surface area contributed by atoms with Crippen LogP contribution < -0.4 is 5.43 Å². The van der Waals surface area contributed by atoms with Crippen molar-refractivity contribution in [2.75, 3.05) is 0 Å². The van der Waals surface area contributed by atoms with E-state index >= 15 is 0 Å². The number of nitro groups is 1. The molecule has 4 aromatic rings. The molecule has 0 aliphatic carbocycles. The van der Waals surface area contributed by atoms with Gasteiger partial charge in [0.15, 0.2) is 0 Å². The number of nitrogens with zero attached hydrogens (tertiary/aromatic N) is 2. The monoisotopic (exact) mass is 444 g/mol. The summed E-state index contributed by atoms with van der Waals surface area (Å²) in [4.78, 5) is 26.6. The Kier molecular flexibility index (Phi) is 6.10. The van der Waals surface area contributed by atoms with Crippen LogP contribution in [0.1, 0.15) is 16.1 Å². The largest absolute Gasteiger partial charge is 0.350 e. The fourth-order valence-corrected chi connectivity index (χ4v) is 3.38. The first-order valence-corrected chi connectivity index (χ1v) is 10.0. The molecule has 0 fully saturated rings. The fourth-order valence-electron chi connectivity index (χ4n) is 3.21. The van der Waals surface area contributed by atoms with Crippen molar-refractivity contribution in [3.8, 4) is 22.4 Å². The number of carbonyl (C=O) groups is 1. The Morgan fingerprint density at radius 2 is 1.62 bits per heavy atom. The van der Waals surface area contributed by atoms with Gasteiger partial charge in [0.25, 0.3) is 11.6 Å². The Balaban J connectivity index is 1.63. The summed E-state index contributed by atoms with van der Waals surface area (Å²) >= 11 is 6.08. The molecule has 1 heterocycles. The number of nitro benzene ring substituents is 1. The topological polar surface area (TPSA) is 100 Å². The summed E-state index contributed by atoms with van der Waals surface area (Å²) < 4.78 is 0. The second-order valence-corrected chi connectivity index (χ2v) is 7.27. The van der Waals surface area contributed by atoms with E-state index in [4.69, 9.17) is 11.6 Å². The molecule has 3 aromatic carbocycles. The third kappa shape index (κ3) is 4.58. The van der Waals surface area contributed by atoms with Crippen molar-refractivity contribution in [2.24, 2.45) is 5.10 Å². The van der Waals surface area contributed by atoms with Gasteiger partial charge in [-0.25, -0.2) is 5.43 Å².